The van der Waals surface area contributed by atoms with Gasteiger partial charge >= 0.3 is 0 Å². The van der Waals surface area contributed by atoms with Gasteiger partial charge in [-0.25, -0.2) is 8.42 Å². The summed E-state index contributed by atoms with van der Waals surface area (Å²) in [5.41, 5.74) is 1.73. The first kappa shape index (κ1) is 12.2. The first-order chi connectivity index (χ1) is 6.81. The highest BCUT2D eigenvalue weighted by Gasteiger charge is 2.34. The molecule has 0 radical (unpaired) electrons. The van der Waals surface area contributed by atoms with Crippen molar-refractivity contribution in [2.45, 2.75) is 25.5 Å². The second-order valence-electron chi connectivity index (χ2n) is 4.16. The number of rotatable bonds is 3. The van der Waals surface area contributed by atoms with E-state index in [4.69, 9.17) is 0 Å². The van der Waals surface area contributed by atoms with Crippen LogP contribution in [0.4, 0.5) is 0 Å². The Labute approximate surface area is 92.3 Å². The van der Waals surface area contributed by atoms with E-state index in [1.807, 2.05) is 13.9 Å². The van der Waals surface area contributed by atoms with E-state index in [1.165, 1.54) is 0 Å². The van der Waals surface area contributed by atoms with Crippen LogP contribution in [-0.4, -0.2) is 27.0 Å². The van der Waals surface area contributed by atoms with Gasteiger partial charge in [0.15, 0.2) is 9.84 Å². The number of hydrogen-bond donors (Lipinski definition) is 0. The molecule has 1 aromatic rings. The van der Waals surface area contributed by atoms with Crippen molar-refractivity contribution in [1.29, 1.82) is 0 Å². The first-order valence-corrected chi connectivity index (χ1v) is 6.61. The molecule has 0 saturated carbocycles. The Morgan fingerprint density at radius 1 is 1.40 bits per heavy atom. The predicted octanol–water partition coefficient (Wildman–Crippen LogP) is 0.00980. The third kappa shape index (κ3) is 2.22. The molecule has 0 spiro atoms. The smallest absolute Gasteiger partial charge is 0.159 e. The Bertz CT molecular complexity index is 454. The van der Waals surface area contributed by atoms with Crippen molar-refractivity contribution >= 4 is 23.1 Å². The first-order valence-electron chi connectivity index (χ1n) is 4.95. The highest BCUT2D eigenvalue weighted by atomic mass is 32.2. The van der Waals surface area contributed by atoms with E-state index >= 15 is 0 Å². The molecule has 0 aliphatic rings. The molecule has 0 N–H and O–H groups in total. The molecule has 0 unspecified atom stereocenters. The molecule has 3 nitrogen and oxygen atoms in total. The van der Waals surface area contributed by atoms with Gasteiger partial charge in [0.05, 0.1) is 4.75 Å². The van der Waals surface area contributed by atoms with Gasteiger partial charge in [0.2, 0.25) is 0 Å². The molecule has 82 valence electrons. The summed E-state index contributed by atoms with van der Waals surface area (Å²) in [6, 6.07) is 1.88. The fraction of sp³-hybridized carbons (Fsp3) is 0.500. The largest absolute Gasteiger partial charge is 0.265 e. The van der Waals surface area contributed by atoms with Crippen LogP contribution < -0.4 is 5.46 Å². The number of sulfone groups is 1. The van der Waals surface area contributed by atoms with Crippen LogP contribution in [0.3, 0.4) is 0 Å². The fourth-order valence-electron chi connectivity index (χ4n) is 1.42. The zero-order valence-corrected chi connectivity index (χ0v) is 10.4. The Morgan fingerprint density at radius 3 is 2.47 bits per heavy atom. The van der Waals surface area contributed by atoms with Gasteiger partial charge < -0.3 is 0 Å². The number of aromatic nitrogens is 1. The van der Waals surface area contributed by atoms with Crippen molar-refractivity contribution in [3.05, 3.63) is 24.0 Å². The lowest BCUT2D eigenvalue weighted by Gasteiger charge is -2.24. The average molecular weight is 225 g/mol. The molecule has 0 aromatic carbocycles. The summed E-state index contributed by atoms with van der Waals surface area (Å²) in [4.78, 5) is 4.03. The monoisotopic (exact) mass is 225 g/mol. The third-order valence-corrected chi connectivity index (χ3v) is 5.28. The van der Waals surface area contributed by atoms with E-state index < -0.39 is 14.6 Å². The predicted molar refractivity (Wildman–Crippen MR) is 64.9 cm³/mol. The molecule has 0 atom stereocenters. The minimum Gasteiger partial charge on any atom is -0.265 e. The van der Waals surface area contributed by atoms with Crippen molar-refractivity contribution in [3.63, 3.8) is 0 Å². The molecule has 15 heavy (non-hydrogen) atoms. The van der Waals surface area contributed by atoms with Crippen LogP contribution in [0.5, 0.6) is 0 Å². The van der Waals surface area contributed by atoms with E-state index in [9.17, 15) is 8.42 Å². The highest BCUT2D eigenvalue weighted by Crippen LogP contribution is 2.28. The van der Waals surface area contributed by atoms with Gasteiger partial charge in [-0.05, 0) is 19.4 Å². The topological polar surface area (TPSA) is 47.0 Å². The Balaban J connectivity index is 3.29. The lowest BCUT2D eigenvalue weighted by Crippen LogP contribution is -2.31. The summed E-state index contributed by atoms with van der Waals surface area (Å²) in [6.45, 7) is 5.12. The number of hydrogen-bond acceptors (Lipinski definition) is 3. The molecule has 0 saturated heterocycles. The molecule has 0 amide bonds. The van der Waals surface area contributed by atoms with E-state index in [1.54, 1.807) is 33.2 Å². The molecule has 0 aliphatic carbocycles. The van der Waals surface area contributed by atoms with Crippen LogP contribution in [0.1, 0.15) is 26.3 Å². The minimum absolute atomic E-state index is 0.147. The SMILES string of the molecule is Bc1cncc(C(C)(C)S(=O)(=O)CC)c1. The van der Waals surface area contributed by atoms with Crippen LogP contribution in [0, 0.1) is 0 Å². The lowest BCUT2D eigenvalue weighted by atomic mass is 9.94. The quantitative estimate of drug-likeness (QED) is 0.681. The molecule has 1 rings (SSSR count). The van der Waals surface area contributed by atoms with Crippen molar-refractivity contribution in [2.24, 2.45) is 0 Å². The van der Waals surface area contributed by atoms with Gasteiger partial charge in [-0.15, -0.1) is 0 Å². The maximum Gasteiger partial charge on any atom is 0.159 e. The second kappa shape index (κ2) is 3.97. The van der Waals surface area contributed by atoms with E-state index in [-0.39, 0.29) is 5.75 Å². The summed E-state index contributed by atoms with van der Waals surface area (Å²) < 4.78 is 22.9. The Hall–Kier alpha value is -0.835. The van der Waals surface area contributed by atoms with Crippen molar-refractivity contribution in [2.75, 3.05) is 5.75 Å². The van der Waals surface area contributed by atoms with Gasteiger partial charge in [-0.1, -0.05) is 18.5 Å². The second-order valence-corrected chi connectivity index (χ2v) is 6.99. The standard InChI is InChI=1S/C10H16BNO2S/c1-4-15(13,14)10(2,3)8-5-9(11)7-12-6-8/h5-7H,4,11H2,1-3H3. The Morgan fingerprint density at radius 2 is 2.00 bits per heavy atom. The van der Waals surface area contributed by atoms with Crippen molar-refractivity contribution in [3.8, 4) is 0 Å². The molecule has 5 heteroatoms. The summed E-state index contributed by atoms with van der Waals surface area (Å²) in [5, 5.41) is 0. The van der Waals surface area contributed by atoms with Crippen LogP contribution in [0.2, 0.25) is 0 Å². The molecule has 1 heterocycles. The van der Waals surface area contributed by atoms with E-state index in [2.05, 4.69) is 4.98 Å². The van der Waals surface area contributed by atoms with Crippen LogP contribution >= 0.6 is 0 Å². The average Bonchev–Trinajstić information content (AvgIpc) is 2.17. The zero-order valence-electron chi connectivity index (χ0n) is 9.61. The molecule has 1 aromatic heterocycles. The molecule has 0 aliphatic heterocycles. The van der Waals surface area contributed by atoms with E-state index in [0.29, 0.717) is 0 Å². The zero-order chi connectivity index (χ0) is 11.7. The van der Waals surface area contributed by atoms with Crippen molar-refractivity contribution < 1.29 is 8.42 Å². The summed E-state index contributed by atoms with van der Waals surface area (Å²) in [7, 11) is -1.20. The molecular formula is C10H16BNO2S. The van der Waals surface area contributed by atoms with Crippen molar-refractivity contribution in [1.82, 2.24) is 4.98 Å². The Kier molecular flexibility index (Phi) is 3.23. The normalized spacial score (nSPS) is 12.7. The lowest BCUT2D eigenvalue weighted by molar-refractivity contribution is 0.556. The van der Waals surface area contributed by atoms with Gasteiger partial charge in [0.1, 0.15) is 7.85 Å². The summed E-state index contributed by atoms with van der Waals surface area (Å²) >= 11 is 0. The van der Waals surface area contributed by atoms with Gasteiger partial charge in [-0.2, -0.15) is 0 Å². The molecule has 0 fully saturated rings. The minimum atomic E-state index is -3.11. The molecule has 0 bridgehead atoms. The van der Waals surface area contributed by atoms with Crippen LogP contribution in [-0.2, 0) is 14.6 Å². The van der Waals surface area contributed by atoms with Gasteiger partial charge in [0.25, 0.3) is 0 Å². The van der Waals surface area contributed by atoms with E-state index in [0.717, 1.165) is 11.0 Å². The number of pyridine rings is 1. The van der Waals surface area contributed by atoms with Gasteiger partial charge in [-0.3, -0.25) is 4.98 Å². The van der Waals surface area contributed by atoms with Crippen LogP contribution in [0.15, 0.2) is 18.5 Å². The summed E-state index contributed by atoms with van der Waals surface area (Å²) in [6.07, 6.45) is 3.35. The molecular weight excluding hydrogens is 209 g/mol. The maximum absolute atomic E-state index is 11.9. The highest BCUT2D eigenvalue weighted by molar-refractivity contribution is 7.92. The fourth-order valence-corrected chi connectivity index (χ4v) is 2.62. The number of nitrogens with zero attached hydrogens (tertiary/aromatic N) is 1. The van der Waals surface area contributed by atoms with Gasteiger partial charge in [0, 0.05) is 18.1 Å². The van der Waals surface area contributed by atoms with Crippen LogP contribution in [0.25, 0.3) is 0 Å². The maximum atomic E-state index is 11.9. The third-order valence-electron chi connectivity index (χ3n) is 2.73. The summed E-state index contributed by atoms with van der Waals surface area (Å²) in [5.74, 6) is 0.147.